The van der Waals surface area contributed by atoms with Gasteiger partial charge in [-0.05, 0) is 24.3 Å². The average molecular weight is 244 g/mol. The normalized spacial score (nSPS) is 15.7. The zero-order valence-electron chi connectivity index (χ0n) is 9.67. The van der Waals surface area contributed by atoms with E-state index in [2.05, 4.69) is 4.98 Å². The summed E-state index contributed by atoms with van der Waals surface area (Å²) in [6, 6.07) is 4.95. The molecule has 1 aromatic carbocycles. The van der Waals surface area contributed by atoms with Crippen molar-refractivity contribution in [1.82, 2.24) is 9.55 Å². The van der Waals surface area contributed by atoms with Crippen LogP contribution in [0, 0.1) is 0 Å². The van der Waals surface area contributed by atoms with Crippen molar-refractivity contribution in [2.45, 2.75) is 6.42 Å². The summed E-state index contributed by atoms with van der Waals surface area (Å²) < 4.78 is 7.20. The Morgan fingerprint density at radius 1 is 1.44 bits per heavy atom. The zero-order chi connectivity index (χ0) is 12.5. The molecule has 5 heteroatoms. The first-order chi connectivity index (χ1) is 8.75. The Hall–Kier alpha value is -2.14. The van der Waals surface area contributed by atoms with Gasteiger partial charge in [0.1, 0.15) is 6.33 Å². The Labute approximate surface area is 103 Å². The molecular weight excluding hydrogens is 232 g/mol. The zero-order valence-corrected chi connectivity index (χ0v) is 9.67. The Balaban J connectivity index is 2.14. The summed E-state index contributed by atoms with van der Waals surface area (Å²) in [7, 11) is 0. The fraction of sp³-hybridized carbons (Fsp3) is 0.231. The van der Waals surface area contributed by atoms with Gasteiger partial charge in [-0.2, -0.15) is 0 Å². The van der Waals surface area contributed by atoms with E-state index >= 15 is 0 Å². The second-order valence-corrected chi connectivity index (χ2v) is 4.14. The molecule has 0 saturated heterocycles. The SMILES string of the molecule is O=C(O)c1ccc2ncn(C3=CCOCC3)c2c1. The Morgan fingerprint density at radius 3 is 3.06 bits per heavy atom. The molecule has 2 heterocycles. The third kappa shape index (κ3) is 1.78. The van der Waals surface area contributed by atoms with E-state index in [4.69, 9.17) is 9.84 Å². The van der Waals surface area contributed by atoms with Crippen molar-refractivity contribution in [1.29, 1.82) is 0 Å². The van der Waals surface area contributed by atoms with Gasteiger partial charge in [0, 0.05) is 12.1 Å². The number of rotatable bonds is 2. The molecule has 0 saturated carbocycles. The molecule has 0 bridgehead atoms. The number of hydrogen-bond acceptors (Lipinski definition) is 3. The van der Waals surface area contributed by atoms with Crippen LogP contribution in [0.15, 0.2) is 30.6 Å². The lowest BCUT2D eigenvalue weighted by molar-refractivity contribution is 0.0697. The number of aromatic nitrogens is 2. The van der Waals surface area contributed by atoms with Crippen molar-refractivity contribution < 1.29 is 14.6 Å². The van der Waals surface area contributed by atoms with Gasteiger partial charge >= 0.3 is 5.97 Å². The number of aromatic carboxylic acids is 1. The van der Waals surface area contributed by atoms with Crippen LogP contribution in [-0.4, -0.2) is 33.8 Å². The highest BCUT2D eigenvalue weighted by molar-refractivity contribution is 5.93. The van der Waals surface area contributed by atoms with Gasteiger partial charge in [-0.25, -0.2) is 9.78 Å². The first kappa shape index (κ1) is 11.0. The maximum Gasteiger partial charge on any atom is 0.335 e. The van der Waals surface area contributed by atoms with E-state index in [1.807, 2.05) is 10.6 Å². The summed E-state index contributed by atoms with van der Waals surface area (Å²) >= 11 is 0. The molecule has 0 unspecified atom stereocenters. The van der Waals surface area contributed by atoms with E-state index < -0.39 is 5.97 Å². The Morgan fingerprint density at radius 2 is 2.33 bits per heavy atom. The van der Waals surface area contributed by atoms with Crippen LogP contribution in [0.25, 0.3) is 16.7 Å². The first-order valence-electron chi connectivity index (χ1n) is 5.73. The fourth-order valence-corrected chi connectivity index (χ4v) is 2.11. The molecule has 92 valence electrons. The molecule has 1 N–H and O–H groups in total. The molecule has 0 amide bonds. The number of carboxylic acids is 1. The van der Waals surface area contributed by atoms with Crippen LogP contribution >= 0.6 is 0 Å². The van der Waals surface area contributed by atoms with Gasteiger partial charge in [-0.15, -0.1) is 0 Å². The van der Waals surface area contributed by atoms with Crippen LogP contribution in [0.3, 0.4) is 0 Å². The van der Waals surface area contributed by atoms with Crippen molar-refractivity contribution in [3.63, 3.8) is 0 Å². The van der Waals surface area contributed by atoms with E-state index in [0.29, 0.717) is 13.2 Å². The molecule has 0 aliphatic carbocycles. The van der Waals surface area contributed by atoms with E-state index in [9.17, 15) is 4.79 Å². The Kier molecular flexibility index (Phi) is 2.60. The largest absolute Gasteiger partial charge is 0.478 e. The average Bonchev–Trinajstić information content (AvgIpc) is 2.82. The predicted octanol–water partition coefficient (Wildman–Crippen LogP) is 2.00. The number of benzene rings is 1. The van der Waals surface area contributed by atoms with Crippen molar-refractivity contribution in [3.8, 4) is 0 Å². The maximum absolute atomic E-state index is 11.0. The molecule has 1 aliphatic rings. The van der Waals surface area contributed by atoms with Crippen LogP contribution in [0.1, 0.15) is 16.8 Å². The second-order valence-electron chi connectivity index (χ2n) is 4.14. The lowest BCUT2D eigenvalue weighted by atomic mass is 10.2. The minimum absolute atomic E-state index is 0.275. The first-order valence-corrected chi connectivity index (χ1v) is 5.73. The van der Waals surface area contributed by atoms with Crippen molar-refractivity contribution in [3.05, 3.63) is 36.2 Å². The van der Waals surface area contributed by atoms with E-state index in [0.717, 1.165) is 23.2 Å². The van der Waals surface area contributed by atoms with Gasteiger partial charge in [0.2, 0.25) is 0 Å². The molecular formula is C13H12N2O3. The monoisotopic (exact) mass is 244 g/mol. The summed E-state index contributed by atoms with van der Waals surface area (Å²) in [6.45, 7) is 1.28. The maximum atomic E-state index is 11.0. The van der Waals surface area contributed by atoms with Crippen LogP contribution < -0.4 is 0 Å². The molecule has 18 heavy (non-hydrogen) atoms. The molecule has 0 fully saturated rings. The lowest BCUT2D eigenvalue weighted by Crippen LogP contribution is -2.08. The number of carboxylic acid groups (broad SMARTS) is 1. The number of imidazole rings is 1. The highest BCUT2D eigenvalue weighted by Gasteiger charge is 2.12. The number of fused-ring (bicyclic) bond motifs is 1. The molecule has 1 aromatic heterocycles. The Bertz CT molecular complexity index is 643. The van der Waals surface area contributed by atoms with Crippen LogP contribution in [-0.2, 0) is 4.74 Å². The molecule has 5 nitrogen and oxygen atoms in total. The third-order valence-electron chi connectivity index (χ3n) is 3.04. The summed E-state index contributed by atoms with van der Waals surface area (Å²) in [6.07, 6.45) is 4.54. The number of nitrogens with zero attached hydrogens (tertiary/aromatic N) is 2. The molecule has 0 spiro atoms. The van der Waals surface area contributed by atoms with Crippen LogP contribution in [0.2, 0.25) is 0 Å². The predicted molar refractivity (Wildman–Crippen MR) is 66.4 cm³/mol. The minimum atomic E-state index is -0.925. The quantitative estimate of drug-likeness (QED) is 0.877. The van der Waals surface area contributed by atoms with E-state index in [1.54, 1.807) is 24.5 Å². The lowest BCUT2D eigenvalue weighted by Gasteiger charge is -2.15. The topological polar surface area (TPSA) is 64.3 Å². The van der Waals surface area contributed by atoms with Gasteiger partial charge in [-0.1, -0.05) is 0 Å². The molecule has 1 aliphatic heterocycles. The van der Waals surface area contributed by atoms with Gasteiger partial charge in [0.05, 0.1) is 29.8 Å². The highest BCUT2D eigenvalue weighted by Crippen LogP contribution is 2.22. The summed E-state index contributed by atoms with van der Waals surface area (Å²) in [5.74, 6) is -0.925. The molecule has 0 atom stereocenters. The van der Waals surface area contributed by atoms with Gasteiger partial charge in [0.15, 0.2) is 0 Å². The van der Waals surface area contributed by atoms with Gasteiger partial charge < -0.3 is 14.4 Å². The highest BCUT2D eigenvalue weighted by atomic mass is 16.5. The second kappa shape index (κ2) is 4.27. The molecule has 2 aromatic rings. The third-order valence-corrected chi connectivity index (χ3v) is 3.04. The summed E-state index contributed by atoms with van der Waals surface area (Å²) in [5.41, 5.74) is 3.00. The standard InChI is InChI=1S/C13H12N2O3/c16-13(17)9-1-2-11-12(7-9)15(8-14-11)10-3-5-18-6-4-10/h1-3,7-8H,4-6H2,(H,16,17). The van der Waals surface area contributed by atoms with E-state index in [1.165, 1.54) is 0 Å². The number of hydrogen-bond donors (Lipinski definition) is 1. The molecule has 3 rings (SSSR count). The van der Waals surface area contributed by atoms with Crippen molar-refractivity contribution in [2.24, 2.45) is 0 Å². The van der Waals surface area contributed by atoms with Crippen LogP contribution in [0.5, 0.6) is 0 Å². The molecule has 0 radical (unpaired) electrons. The minimum Gasteiger partial charge on any atom is -0.478 e. The van der Waals surface area contributed by atoms with Gasteiger partial charge in [0.25, 0.3) is 0 Å². The summed E-state index contributed by atoms with van der Waals surface area (Å²) in [5, 5.41) is 9.02. The van der Waals surface area contributed by atoms with Gasteiger partial charge in [-0.3, -0.25) is 0 Å². The van der Waals surface area contributed by atoms with Crippen molar-refractivity contribution in [2.75, 3.05) is 13.2 Å². The van der Waals surface area contributed by atoms with E-state index in [-0.39, 0.29) is 5.56 Å². The fourth-order valence-electron chi connectivity index (χ4n) is 2.11. The van der Waals surface area contributed by atoms with Crippen LogP contribution in [0.4, 0.5) is 0 Å². The van der Waals surface area contributed by atoms with Crippen molar-refractivity contribution >= 4 is 22.7 Å². The smallest absolute Gasteiger partial charge is 0.335 e. The number of carbonyl (C=O) groups is 1. The summed E-state index contributed by atoms with van der Waals surface area (Å²) in [4.78, 5) is 15.3. The number of ether oxygens (including phenoxy) is 1.